The lowest BCUT2D eigenvalue weighted by atomic mass is 10.2. The first-order chi connectivity index (χ1) is 9.75. The summed E-state index contributed by atoms with van der Waals surface area (Å²) < 4.78 is 11.9. The molecule has 104 valence electrons. The van der Waals surface area contributed by atoms with E-state index in [2.05, 4.69) is 15.9 Å². The van der Waals surface area contributed by atoms with E-state index in [0.29, 0.717) is 37.8 Å². The number of hydrogen-bond acceptors (Lipinski definition) is 3. The largest absolute Gasteiger partial charge is 0.451 e. The Balaban J connectivity index is 1.83. The second-order valence-electron chi connectivity index (χ2n) is 4.55. The topological polar surface area (TPSA) is 42.7 Å². The molecule has 1 aromatic carbocycles. The molecule has 0 radical (unpaired) electrons. The van der Waals surface area contributed by atoms with Crippen LogP contribution >= 0.6 is 15.9 Å². The van der Waals surface area contributed by atoms with Gasteiger partial charge in [0, 0.05) is 23.1 Å². The highest BCUT2D eigenvalue weighted by atomic mass is 79.9. The fourth-order valence-corrected chi connectivity index (χ4v) is 2.66. The van der Waals surface area contributed by atoms with Crippen LogP contribution in [0.3, 0.4) is 0 Å². The average Bonchev–Trinajstić information content (AvgIpc) is 2.97. The number of benzene rings is 1. The molecular weight excluding hydrogens is 322 g/mol. The predicted octanol–water partition coefficient (Wildman–Crippen LogP) is 3.18. The Labute approximate surface area is 125 Å². The van der Waals surface area contributed by atoms with Crippen LogP contribution in [0, 0.1) is 0 Å². The van der Waals surface area contributed by atoms with E-state index in [1.807, 2.05) is 30.3 Å². The molecule has 3 rings (SSSR count). The van der Waals surface area contributed by atoms with Crippen LogP contribution in [0.2, 0.25) is 0 Å². The quantitative estimate of drug-likeness (QED) is 0.846. The second-order valence-corrected chi connectivity index (χ2v) is 5.40. The number of ether oxygens (including phenoxy) is 1. The highest BCUT2D eigenvalue weighted by Crippen LogP contribution is 2.29. The Morgan fingerprint density at radius 1 is 1.10 bits per heavy atom. The van der Waals surface area contributed by atoms with Crippen LogP contribution in [0.1, 0.15) is 10.6 Å². The van der Waals surface area contributed by atoms with Crippen LogP contribution < -0.4 is 0 Å². The van der Waals surface area contributed by atoms with E-state index in [1.54, 1.807) is 11.0 Å². The van der Waals surface area contributed by atoms with Gasteiger partial charge in [-0.3, -0.25) is 4.79 Å². The van der Waals surface area contributed by atoms with Gasteiger partial charge in [0.2, 0.25) is 0 Å². The SMILES string of the molecule is O=C(c1ccc(-c2ccccc2Br)o1)N1CCOCC1. The van der Waals surface area contributed by atoms with Gasteiger partial charge in [0.25, 0.3) is 5.91 Å². The number of carbonyl (C=O) groups excluding carboxylic acids is 1. The lowest BCUT2D eigenvalue weighted by molar-refractivity contribution is 0.0283. The molecule has 1 aromatic heterocycles. The number of hydrogen-bond donors (Lipinski definition) is 0. The zero-order valence-corrected chi connectivity index (χ0v) is 12.4. The molecule has 2 heterocycles. The normalized spacial score (nSPS) is 15.3. The van der Waals surface area contributed by atoms with Gasteiger partial charge in [0.05, 0.1) is 13.2 Å². The molecule has 0 N–H and O–H groups in total. The zero-order chi connectivity index (χ0) is 13.9. The molecule has 0 bridgehead atoms. The Morgan fingerprint density at radius 2 is 1.85 bits per heavy atom. The van der Waals surface area contributed by atoms with E-state index < -0.39 is 0 Å². The highest BCUT2D eigenvalue weighted by molar-refractivity contribution is 9.10. The maximum atomic E-state index is 12.3. The molecule has 20 heavy (non-hydrogen) atoms. The van der Waals surface area contributed by atoms with Crippen LogP contribution in [0.4, 0.5) is 0 Å². The number of amides is 1. The van der Waals surface area contributed by atoms with Crippen molar-refractivity contribution in [3.63, 3.8) is 0 Å². The third-order valence-electron chi connectivity index (χ3n) is 3.25. The fourth-order valence-electron chi connectivity index (χ4n) is 2.18. The Kier molecular flexibility index (Phi) is 3.89. The summed E-state index contributed by atoms with van der Waals surface area (Å²) in [6.45, 7) is 2.40. The van der Waals surface area contributed by atoms with Gasteiger partial charge in [0.15, 0.2) is 5.76 Å². The molecule has 0 spiro atoms. The molecule has 1 saturated heterocycles. The molecule has 0 aliphatic carbocycles. The van der Waals surface area contributed by atoms with Crippen LogP contribution in [0.25, 0.3) is 11.3 Å². The van der Waals surface area contributed by atoms with Gasteiger partial charge in [0.1, 0.15) is 5.76 Å². The molecule has 2 aromatic rings. The Morgan fingerprint density at radius 3 is 2.60 bits per heavy atom. The average molecular weight is 336 g/mol. The summed E-state index contributed by atoms with van der Waals surface area (Å²) in [5, 5.41) is 0. The molecule has 5 heteroatoms. The summed E-state index contributed by atoms with van der Waals surface area (Å²) in [5.41, 5.74) is 0.938. The number of rotatable bonds is 2. The summed E-state index contributed by atoms with van der Waals surface area (Å²) in [6, 6.07) is 11.3. The van der Waals surface area contributed by atoms with Gasteiger partial charge in [-0.2, -0.15) is 0 Å². The standard InChI is InChI=1S/C15H14BrNO3/c16-12-4-2-1-3-11(12)13-5-6-14(20-13)15(18)17-7-9-19-10-8-17/h1-6H,7-10H2. The van der Waals surface area contributed by atoms with Crippen LogP contribution in [0.5, 0.6) is 0 Å². The maximum absolute atomic E-state index is 12.3. The van der Waals surface area contributed by atoms with E-state index in [-0.39, 0.29) is 5.91 Å². The summed E-state index contributed by atoms with van der Waals surface area (Å²) in [6.07, 6.45) is 0. The lowest BCUT2D eigenvalue weighted by Gasteiger charge is -2.25. The maximum Gasteiger partial charge on any atom is 0.289 e. The Bertz CT molecular complexity index is 617. The van der Waals surface area contributed by atoms with Crippen molar-refractivity contribution in [2.24, 2.45) is 0 Å². The molecule has 4 nitrogen and oxygen atoms in total. The summed E-state index contributed by atoms with van der Waals surface area (Å²) in [5.74, 6) is 0.985. The van der Waals surface area contributed by atoms with Crippen LogP contribution in [-0.2, 0) is 4.74 Å². The number of halogens is 1. The molecule has 1 amide bonds. The summed E-state index contributed by atoms with van der Waals surface area (Å²) in [7, 11) is 0. The zero-order valence-electron chi connectivity index (χ0n) is 10.8. The molecule has 0 atom stereocenters. The number of furan rings is 1. The first kappa shape index (κ1) is 13.4. The van der Waals surface area contributed by atoms with Gasteiger partial charge < -0.3 is 14.1 Å². The van der Waals surface area contributed by atoms with Gasteiger partial charge in [-0.25, -0.2) is 0 Å². The monoisotopic (exact) mass is 335 g/mol. The third kappa shape index (κ3) is 2.64. The minimum Gasteiger partial charge on any atom is -0.451 e. The van der Waals surface area contributed by atoms with Crippen molar-refractivity contribution >= 4 is 21.8 Å². The van der Waals surface area contributed by atoms with E-state index in [0.717, 1.165) is 10.0 Å². The van der Waals surface area contributed by atoms with Crippen LogP contribution in [0.15, 0.2) is 45.3 Å². The summed E-state index contributed by atoms with van der Waals surface area (Å²) >= 11 is 3.48. The predicted molar refractivity (Wildman–Crippen MR) is 78.6 cm³/mol. The molecule has 0 unspecified atom stereocenters. The van der Waals surface area contributed by atoms with Gasteiger partial charge in [-0.05, 0) is 18.2 Å². The number of nitrogens with zero attached hydrogens (tertiary/aromatic N) is 1. The summed E-state index contributed by atoms with van der Waals surface area (Å²) in [4.78, 5) is 14.1. The van der Waals surface area contributed by atoms with E-state index in [4.69, 9.17) is 9.15 Å². The van der Waals surface area contributed by atoms with Crippen molar-refractivity contribution in [1.29, 1.82) is 0 Å². The highest BCUT2D eigenvalue weighted by Gasteiger charge is 2.21. The fraction of sp³-hybridized carbons (Fsp3) is 0.267. The van der Waals surface area contributed by atoms with Crippen molar-refractivity contribution < 1.29 is 13.9 Å². The van der Waals surface area contributed by atoms with E-state index >= 15 is 0 Å². The van der Waals surface area contributed by atoms with E-state index in [1.165, 1.54) is 0 Å². The second kappa shape index (κ2) is 5.81. The molecule has 1 aliphatic rings. The molecular formula is C15H14BrNO3. The molecule has 0 saturated carbocycles. The third-order valence-corrected chi connectivity index (χ3v) is 3.95. The number of carbonyl (C=O) groups is 1. The minimum absolute atomic E-state index is 0.0772. The molecule has 1 fully saturated rings. The van der Waals surface area contributed by atoms with Gasteiger partial charge >= 0.3 is 0 Å². The van der Waals surface area contributed by atoms with Crippen molar-refractivity contribution in [1.82, 2.24) is 4.90 Å². The first-order valence-electron chi connectivity index (χ1n) is 6.47. The van der Waals surface area contributed by atoms with Gasteiger partial charge in [-0.1, -0.05) is 34.1 Å². The van der Waals surface area contributed by atoms with Crippen LogP contribution in [-0.4, -0.2) is 37.1 Å². The molecule has 1 aliphatic heterocycles. The van der Waals surface area contributed by atoms with Crippen molar-refractivity contribution in [2.45, 2.75) is 0 Å². The van der Waals surface area contributed by atoms with Crippen molar-refractivity contribution in [3.8, 4) is 11.3 Å². The van der Waals surface area contributed by atoms with Gasteiger partial charge in [-0.15, -0.1) is 0 Å². The smallest absolute Gasteiger partial charge is 0.289 e. The lowest BCUT2D eigenvalue weighted by Crippen LogP contribution is -2.40. The number of morpholine rings is 1. The first-order valence-corrected chi connectivity index (χ1v) is 7.27. The van der Waals surface area contributed by atoms with E-state index in [9.17, 15) is 4.79 Å². The van der Waals surface area contributed by atoms with Crippen molar-refractivity contribution in [3.05, 3.63) is 46.6 Å². The minimum atomic E-state index is -0.0772. The Hall–Kier alpha value is -1.59. The van der Waals surface area contributed by atoms with Crippen molar-refractivity contribution in [2.75, 3.05) is 26.3 Å².